The molecule has 20 heavy (non-hydrogen) atoms. The van der Waals surface area contributed by atoms with Gasteiger partial charge in [-0.2, -0.15) is 0 Å². The van der Waals surface area contributed by atoms with E-state index in [9.17, 15) is 4.79 Å². The highest BCUT2D eigenvalue weighted by atomic mass is 16.2. The quantitative estimate of drug-likeness (QED) is 0.863. The predicted octanol–water partition coefficient (Wildman–Crippen LogP) is 0.663. The van der Waals surface area contributed by atoms with Crippen molar-refractivity contribution in [3.05, 3.63) is 12.2 Å². The van der Waals surface area contributed by atoms with Gasteiger partial charge in [0, 0.05) is 26.1 Å². The van der Waals surface area contributed by atoms with Crippen molar-refractivity contribution in [1.29, 1.82) is 0 Å². The van der Waals surface area contributed by atoms with Crippen molar-refractivity contribution in [1.82, 2.24) is 25.0 Å². The molecule has 2 atom stereocenters. The van der Waals surface area contributed by atoms with E-state index < -0.39 is 0 Å². The Bertz CT molecular complexity index is 466. The topological polar surface area (TPSA) is 63.1 Å². The SMILES string of the molecule is Cn1cnnc1C1CCCN(C(=O)[C@H]2CCCCN2)C1. The van der Waals surface area contributed by atoms with Gasteiger partial charge in [-0.05, 0) is 32.2 Å². The van der Waals surface area contributed by atoms with Gasteiger partial charge in [-0.3, -0.25) is 4.79 Å². The van der Waals surface area contributed by atoms with Crippen molar-refractivity contribution in [3.8, 4) is 0 Å². The van der Waals surface area contributed by atoms with Gasteiger partial charge in [-0.15, -0.1) is 10.2 Å². The second-order valence-corrected chi connectivity index (χ2v) is 5.93. The van der Waals surface area contributed by atoms with E-state index in [1.807, 2.05) is 16.5 Å². The zero-order valence-electron chi connectivity index (χ0n) is 12.1. The first kappa shape index (κ1) is 13.5. The summed E-state index contributed by atoms with van der Waals surface area (Å²) in [4.78, 5) is 14.6. The molecule has 0 radical (unpaired) electrons. The highest BCUT2D eigenvalue weighted by Crippen LogP contribution is 2.26. The maximum Gasteiger partial charge on any atom is 0.239 e. The van der Waals surface area contributed by atoms with Gasteiger partial charge in [0.1, 0.15) is 12.2 Å². The van der Waals surface area contributed by atoms with Crippen LogP contribution in [0, 0.1) is 0 Å². The molecule has 2 fully saturated rings. The lowest BCUT2D eigenvalue weighted by Gasteiger charge is -2.35. The molecule has 3 heterocycles. The Hall–Kier alpha value is -1.43. The number of aromatic nitrogens is 3. The van der Waals surface area contributed by atoms with Crippen LogP contribution in [-0.2, 0) is 11.8 Å². The molecular formula is C14H23N5O. The van der Waals surface area contributed by atoms with E-state index in [2.05, 4.69) is 15.5 Å². The molecule has 3 rings (SSSR count). The molecule has 2 saturated heterocycles. The lowest BCUT2D eigenvalue weighted by Crippen LogP contribution is -2.51. The summed E-state index contributed by atoms with van der Waals surface area (Å²) in [5.74, 6) is 1.60. The Balaban J connectivity index is 1.65. The van der Waals surface area contributed by atoms with Crippen LogP contribution in [0.2, 0.25) is 0 Å². The minimum absolute atomic E-state index is 0.0296. The summed E-state index contributed by atoms with van der Waals surface area (Å²) in [6, 6.07) is 0.0296. The van der Waals surface area contributed by atoms with Gasteiger partial charge < -0.3 is 14.8 Å². The minimum atomic E-state index is 0.0296. The number of nitrogens with one attached hydrogen (secondary N) is 1. The Morgan fingerprint density at radius 1 is 1.35 bits per heavy atom. The van der Waals surface area contributed by atoms with Gasteiger partial charge in [0.25, 0.3) is 0 Å². The first-order valence-electron chi connectivity index (χ1n) is 7.62. The summed E-state index contributed by atoms with van der Waals surface area (Å²) < 4.78 is 1.97. The van der Waals surface area contributed by atoms with Gasteiger partial charge in [-0.1, -0.05) is 6.42 Å². The number of aryl methyl sites for hydroxylation is 1. The smallest absolute Gasteiger partial charge is 0.239 e. The van der Waals surface area contributed by atoms with Crippen LogP contribution in [0.3, 0.4) is 0 Å². The fourth-order valence-corrected chi connectivity index (χ4v) is 3.33. The third kappa shape index (κ3) is 2.70. The molecule has 1 amide bonds. The average Bonchev–Trinajstić information content (AvgIpc) is 2.94. The van der Waals surface area contributed by atoms with Crippen molar-refractivity contribution >= 4 is 5.91 Å². The van der Waals surface area contributed by atoms with Crippen LogP contribution >= 0.6 is 0 Å². The largest absolute Gasteiger partial charge is 0.341 e. The highest BCUT2D eigenvalue weighted by molar-refractivity contribution is 5.82. The minimum Gasteiger partial charge on any atom is -0.341 e. The van der Waals surface area contributed by atoms with Crippen LogP contribution in [0.1, 0.15) is 43.8 Å². The number of piperidine rings is 2. The van der Waals surface area contributed by atoms with E-state index in [0.717, 1.165) is 51.1 Å². The first-order chi connectivity index (χ1) is 9.75. The Labute approximate surface area is 119 Å². The first-order valence-corrected chi connectivity index (χ1v) is 7.62. The van der Waals surface area contributed by atoms with Crippen molar-refractivity contribution in [2.75, 3.05) is 19.6 Å². The van der Waals surface area contributed by atoms with Crippen LogP contribution < -0.4 is 5.32 Å². The van der Waals surface area contributed by atoms with Crippen LogP contribution in [0.15, 0.2) is 6.33 Å². The summed E-state index contributed by atoms with van der Waals surface area (Å²) in [5.41, 5.74) is 0. The average molecular weight is 277 g/mol. The van der Waals surface area contributed by atoms with Crippen molar-refractivity contribution in [2.45, 2.75) is 44.1 Å². The van der Waals surface area contributed by atoms with E-state index in [0.29, 0.717) is 5.92 Å². The van der Waals surface area contributed by atoms with Crippen molar-refractivity contribution < 1.29 is 4.79 Å². The van der Waals surface area contributed by atoms with Gasteiger partial charge in [0.2, 0.25) is 5.91 Å². The van der Waals surface area contributed by atoms with Crippen LogP contribution in [0.5, 0.6) is 0 Å². The lowest BCUT2D eigenvalue weighted by atomic mass is 9.95. The third-order valence-corrected chi connectivity index (χ3v) is 4.45. The lowest BCUT2D eigenvalue weighted by molar-refractivity contribution is -0.135. The third-order valence-electron chi connectivity index (χ3n) is 4.45. The standard InChI is InChI=1S/C14H23N5O/c1-18-10-16-17-13(18)11-5-4-8-19(9-11)14(20)12-6-2-3-7-15-12/h10-12,15H,2-9H2,1H3/t11?,12-/m1/s1. The summed E-state index contributed by atoms with van der Waals surface area (Å²) in [6.45, 7) is 2.63. The molecule has 1 unspecified atom stereocenters. The number of hydrogen-bond donors (Lipinski definition) is 1. The van der Waals surface area contributed by atoms with Crippen molar-refractivity contribution in [3.63, 3.8) is 0 Å². The second-order valence-electron chi connectivity index (χ2n) is 5.93. The van der Waals surface area contributed by atoms with E-state index >= 15 is 0 Å². The molecule has 0 aliphatic carbocycles. The van der Waals surface area contributed by atoms with Crippen LogP contribution in [0.4, 0.5) is 0 Å². The Morgan fingerprint density at radius 3 is 2.95 bits per heavy atom. The molecule has 0 bridgehead atoms. The van der Waals surface area contributed by atoms with Gasteiger partial charge in [-0.25, -0.2) is 0 Å². The molecule has 6 heteroatoms. The van der Waals surface area contributed by atoms with Gasteiger partial charge in [0.05, 0.1) is 6.04 Å². The summed E-state index contributed by atoms with van der Waals surface area (Å²) >= 11 is 0. The highest BCUT2D eigenvalue weighted by Gasteiger charge is 2.31. The summed E-state index contributed by atoms with van der Waals surface area (Å²) in [5, 5.41) is 11.5. The molecule has 0 aromatic carbocycles. The van der Waals surface area contributed by atoms with Gasteiger partial charge >= 0.3 is 0 Å². The molecule has 1 N–H and O–H groups in total. The molecular weight excluding hydrogens is 254 g/mol. The zero-order chi connectivity index (χ0) is 13.9. The zero-order valence-corrected chi connectivity index (χ0v) is 12.1. The molecule has 110 valence electrons. The normalized spacial score (nSPS) is 27.6. The number of nitrogens with zero attached hydrogens (tertiary/aromatic N) is 4. The molecule has 2 aliphatic heterocycles. The maximum atomic E-state index is 12.6. The fourth-order valence-electron chi connectivity index (χ4n) is 3.33. The molecule has 2 aliphatic rings. The van der Waals surface area contributed by atoms with E-state index in [-0.39, 0.29) is 11.9 Å². The number of likely N-dealkylation sites (tertiary alicyclic amines) is 1. The predicted molar refractivity (Wildman–Crippen MR) is 75.2 cm³/mol. The number of amides is 1. The Morgan fingerprint density at radius 2 is 2.25 bits per heavy atom. The molecule has 1 aromatic rings. The monoisotopic (exact) mass is 277 g/mol. The fraction of sp³-hybridized carbons (Fsp3) is 0.786. The van der Waals surface area contributed by atoms with Gasteiger partial charge in [0.15, 0.2) is 0 Å². The number of carbonyl (C=O) groups is 1. The second kappa shape index (κ2) is 5.91. The van der Waals surface area contributed by atoms with E-state index in [1.165, 1.54) is 6.42 Å². The summed E-state index contributed by atoms with van der Waals surface area (Å²) in [6.07, 6.45) is 7.20. The van der Waals surface area contributed by atoms with Crippen molar-refractivity contribution in [2.24, 2.45) is 7.05 Å². The number of hydrogen-bond acceptors (Lipinski definition) is 4. The molecule has 0 spiro atoms. The van der Waals surface area contributed by atoms with Crippen LogP contribution in [0.25, 0.3) is 0 Å². The molecule has 6 nitrogen and oxygen atoms in total. The number of carbonyl (C=O) groups excluding carboxylic acids is 1. The van der Waals surface area contributed by atoms with E-state index in [1.54, 1.807) is 6.33 Å². The Kier molecular flexibility index (Phi) is 4.00. The molecule has 0 saturated carbocycles. The summed E-state index contributed by atoms with van der Waals surface area (Å²) in [7, 11) is 1.97. The maximum absolute atomic E-state index is 12.6. The van der Waals surface area contributed by atoms with E-state index in [4.69, 9.17) is 0 Å². The number of rotatable bonds is 2. The van der Waals surface area contributed by atoms with Crippen LogP contribution in [-0.4, -0.2) is 51.2 Å². The molecule has 1 aromatic heterocycles.